The van der Waals surface area contributed by atoms with Gasteiger partial charge in [0.25, 0.3) is 5.91 Å². The van der Waals surface area contributed by atoms with Crippen LogP contribution < -0.4 is 10.6 Å². The fourth-order valence-electron chi connectivity index (χ4n) is 4.42. The van der Waals surface area contributed by atoms with Crippen LogP contribution in [0.1, 0.15) is 21.5 Å². The van der Waals surface area contributed by atoms with Crippen LogP contribution in [-0.2, 0) is 24.4 Å². The van der Waals surface area contributed by atoms with Crippen molar-refractivity contribution in [1.82, 2.24) is 24.5 Å². The number of aryl methyl sites for hydroxylation is 1. The standard InChI is InChI=1S/C29H25F3N6O3/c1-37-14-12-23(36-37)21-17-20(8-9-22(21)29(30,31)32)27(39)35-26-25(19-6-4-3-5-7-19)34-24-16-18(11-15-38(24)26)10-13-33-28(40)41-2/h3-9,11-12,14-17H,10,13H2,1-2H3,(H,33,40)(H,35,39). The summed E-state index contributed by atoms with van der Waals surface area (Å²) < 4.78 is 49.0. The number of fused-ring (bicyclic) bond motifs is 1. The Kier molecular flexibility index (Phi) is 7.47. The van der Waals surface area contributed by atoms with Crippen molar-refractivity contribution in [3.05, 3.63) is 95.8 Å². The molecule has 0 bridgehead atoms. The lowest BCUT2D eigenvalue weighted by Gasteiger charge is -2.14. The molecule has 0 aliphatic heterocycles. The molecule has 3 heterocycles. The van der Waals surface area contributed by atoms with Crippen molar-refractivity contribution in [1.29, 1.82) is 0 Å². The van der Waals surface area contributed by atoms with Crippen molar-refractivity contribution >= 4 is 23.5 Å². The predicted octanol–water partition coefficient (Wildman–Crippen LogP) is 5.57. The van der Waals surface area contributed by atoms with E-state index in [9.17, 15) is 22.8 Å². The molecule has 0 saturated heterocycles. The van der Waals surface area contributed by atoms with Crippen LogP contribution in [-0.4, -0.2) is 44.8 Å². The number of rotatable bonds is 7. The largest absolute Gasteiger partial charge is 0.453 e. The molecule has 2 N–H and O–H groups in total. The van der Waals surface area contributed by atoms with Gasteiger partial charge in [-0.25, -0.2) is 9.78 Å². The number of methoxy groups -OCH3 is 1. The Morgan fingerprint density at radius 3 is 2.46 bits per heavy atom. The SMILES string of the molecule is COC(=O)NCCc1ccn2c(NC(=O)c3ccc(C(F)(F)F)c(-c4ccn(C)n4)c3)c(-c3ccccc3)nc2c1. The Hall–Kier alpha value is -5.13. The zero-order valence-corrected chi connectivity index (χ0v) is 22.1. The number of hydrogen-bond donors (Lipinski definition) is 2. The molecule has 0 spiro atoms. The average molecular weight is 563 g/mol. The van der Waals surface area contributed by atoms with Crippen LogP contribution in [0.5, 0.6) is 0 Å². The summed E-state index contributed by atoms with van der Waals surface area (Å²) in [4.78, 5) is 29.6. The van der Waals surface area contributed by atoms with Gasteiger partial charge in [0.1, 0.15) is 17.2 Å². The number of hydrogen-bond acceptors (Lipinski definition) is 5. The number of alkyl carbamates (subject to hydrolysis) is 1. The monoisotopic (exact) mass is 562 g/mol. The van der Waals surface area contributed by atoms with Gasteiger partial charge in [0, 0.05) is 42.7 Å². The minimum absolute atomic E-state index is 0.0260. The van der Waals surface area contributed by atoms with Gasteiger partial charge in [0.05, 0.1) is 18.4 Å². The van der Waals surface area contributed by atoms with Crippen LogP contribution in [0.25, 0.3) is 28.2 Å². The Morgan fingerprint density at radius 2 is 1.78 bits per heavy atom. The first kappa shape index (κ1) is 27.4. The maximum Gasteiger partial charge on any atom is 0.417 e. The van der Waals surface area contributed by atoms with Crippen molar-refractivity contribution in [3.63, 3.8) is 0 Å². The van der Waals surface area contributed by atoms with Crippen molar-refractivity contribution in [2.45, 2.75) is 12.6 Å². The number of imidazole rings is 1. The fourth-order valence-corrected chi connectivity index (χ4v) is 4.42. The number of nitrogens with zero attached hydrogens (tertiary/aromatic N) is 4. The number of nitrogens with one attached hydrogen (secondary N) is 2. The van der Waals surface area contributed by atoms with Crippen LogP contribution in [0.15, 0.2) is 79.1 Å². The fraction of sp³-hybridized carbons (Fsp3) is 0.172. The van der Waals surface area contributed by atoms with Gasteiger partial charge >= 0.3 is 12.3 Å². The first-order chi connectivity index (χ1) is 19.6. The summed E-state index contributed by atoms with van der Waals surface area (Å²) in [6.45, 7) is 0.352. The molecule has 41 heavy (non-hydrogen) atoms. The summed E-state index contributed by atoms with van der Waals surface area (Å²) in [6.07, 6.45) is -1.37. The molecule has 5 rings (SSSR count). The number of halogens is 3. The third kappa shape index (κ3) is 5.91. The number of alkyl halides is 3. The molecule has 0 radical (unpaired) electrons. The van der Waals surface area contributed by atoms with Gasteiger partial charge in [-0.05, 0) is 48.4 Å². The van der Waals surface area contributed by atoms with E-state index in [1.54, 1.807) is 17.6 Å². The Balaban J connectivity index is 1.51. The number of anilines is 1. The molecule has 2 amide bonds. The zero-order valence-electron chi connectivity index (χ0n) is 22.1. The predicted molar refractivity (Wildman–Crippen MR) is 146 cm³/mol. The van der Waals surface area contributed by atoms with Gasteiger partial charge in [-0.15, -0.1) is 0 Å². The minimum atomic E-state index is -4.63. The molecule has 2 aromatic carbocycles. The van der Waals surface area contributed by atoms with E-state index in [0.29, 0.717) is 30.1 Å². The molecule has 0 aliphatic rings. The summed E-state index contributed by atoms with van der Waals surface area (Å²) in [5.41, 5.74) is 1.69. The lowest BCUT2D eigenvalue weighted by Crippen LogP contribution is -2.25. The molecule has 0 atom stereocenters. The molecule has 0 saturated carbocycles. The second-order valence-electron chi connectivity index (χ2n) is 9.19. The highest BCUT2D eigenvalue weighted by molar-refractivity contribution is 6.06. The van der Waals surface area contributed by atoms with E-state index in [-0.39, 0.29) is 16.8 Å². The topological polar surface area (TPSA) is 103 Å². The number of pyridine rings is 1. The van der Waals surface area contributed by atoms with Gasteiger partial charge < -0.3 is 15.4 Å². The van der Waals surface area contributed by atoms with Gasteiger partial charge in [0.2, 0.25) is 0 Å². The summed E-state index contributed by atoms with van der Waals surface area (Å²) in [7, 11) is 2.89. The molecule has 0 unspecified atom stereocenters. The first-order valence-corrected chi connectivity index (χ1v) is 12.5. The molecule has 0 fully saturated rings. The number of aromatic nitrogens is 4. The maximum absolute atomic E-state index is 13.8. The highest BCUT2D eigenvalue weighted by Gasteiger charge is 2.34. The average Bonchev–Trinajstić information content (AvgIpc) is 3.55. The van der Waals surface area contributed by atoms with Crippen molar-refractivity contribution in [3.8, 4) is 22.5 Å². The minimum Gasteiger partial charge on any atom is -0.453 e. The van der Waals surface area contributed by atoms with Gasteiger partial charge in [0.15, 0.2) is 0 Å². The van der Waals surface area contributed by atoms with Crippen LogP contribution in [0.3, 0.4) is 0 Å². The van der Waals surface area contributed by atoms with Gasteiger partial charge in [-0.3, -0.25) is 13.9 Å². The number of carbonyl (C=O) groups is 2. The lowest BCUT2D eigenvalue weighted by molar-refractivity contribution is -0.137. The summed E-state index contributed by atoms with van der Waals surface area (Å²) in [5.74, 6) is -0.254. The number of amides is 2. The number of carbonyl (C=O) groups excluding carboxylic acids is 2. The number of ether oxygens (including phenoxy) is 1. The van der Waals surface area contributed by atoms with E-state index in [4.69, 9.17) is 4.98 Å². The van der Waals surface area contributed by atoms with Gasteiger partial charge in [-0.1, -0.05) is 30.3 Å². The van der Waals surface area contributed by atoms with E-state index in [1.807, 2.05) is 42.5 Å². The van der Waals surface area contributed by atoms with Crippen LogP contribution >= 0.6 is 0 Å². The van der Waals surface area contributed by atoms with E-state index in [2.05, 4.69) is 20.5 Å². The number of benzene rings is 2. The van der Waals surface area contributed by atoms with Gasteiger partial charge in [-0.2, -0.15) is 18.3 Å². The molecule has 5 aromatic rings. The van der Waals surface area contributed by atoms with Crippen molar-refractivity contribution < 1.29 is 27.5 Å². The normalized spacial score (nSPS) is 11.4. The lowest BCUT2D eigenvalue weighted by atomic mass is 10.0. The van der Waals surface area contributed by atoms with E-state index in [0.717, 1.165) is 23.3 Å². The second kappa shape index (κ2) is 11.2. The molecular formula is C29H25F3N6O3. The molecule has 12 heteroatoms. The second-order valence-corrected chi connectivity index (χ2v) is 9.19. The Bertz CT molecular complexity index is 1730. The van der Waals surface area contributed by atoms with E-state index < -0.39 is 23.7 Å². The first-order valence-electron chi connectivity index (χ1n) is 12.5. The summed E-state index contributed by atoms with van der Waals surface area (Å²) >= 11 is 0. The Labute approximate surface area is 232 Å². The third-order valence-corrected chi connectivity index (χ3v) is 6.41. The maximum atomic E-state index is 13.8. The van der Waals surface area contributed by atoms with Crippen molar-refractivity contribution in [2.24, 2.45) is 7.05 Å². The smallest absolute Gasteiger partial charge is 0.417 e. The molecule has 210 valence electrons. The highest BCUT2D eigenvalue weighted by atomic mass is 19.4. The molecule has 0 aliphatic carbocycles. The summed E-state index contributed by atoms with van der Waals surface area (Å²) in [5, 5.41) is 9.59. The van der Waals surface area contributed by atoms with Crippen LogP contribution in [0.2, 0.25) is 0 Å². The van der Waals surface area contributed by atoms with Crippen LogP contribution in [0.4, 0.5) is 23.8 Å². The van der Waals surface area contributed by atoms with Crippen LogP contribution in [0, 0.1) is 0 Å². The molecule has 9 nitrogen and oxygen atoms in total. The highest BCUT2D eigenvalue weighted by Crippen LogP contribution is 2.37. The zero-order chi connectivity index (χ0) is 29.1. The van der Waals surface area contributed by atoms with Crippen molar-refractivity contribution in [2.75, 3.05) is 19.0 Å². The third-order valence-electron chi connectivity index (χ3n) is 6.41. The summed E-state index contributed by atoms with van der Waals surface area (Å²) in [6, 6.07) is 17.6. The molecular weight excluding hydrogens is 537 g/mol. The quantitative estimate of drug-likeness (QED) is 0.270. The Morgan fingerprint density at radius 1 is 1.00 bits per heavy atom. The molecule has 3 aromatic heterocycles. The van der Waals surface area contributed by atoms with E-state index >= 15 is 0 Å². The van der Waals surface area contributed by atoms with E-state index in [1.165, 1.54) is 30.1 Å².